The van der Waals surface area contributed by atoms with Gasteiger partial charge < -0.3 is 9.47 Å². The number of hydrogen-bond donors (Lipinski definition) is 0. The molecule has 1 atom stereocenters. The van der Waals surface area contributed by atoms with E-state index in [1.54, 1.807) is 0 Å². The lowest BCUT2D eigenvalue weighted by molar-refractivity contribution is 0.171. The average molecular weight is 325 g/mol. The van der Waals surface area contributed by atoms with Crippen LogP contribution in [0.1, 0.15) is 35.1 Å². The van der Waals surface area contributed by atoms with Gasteiger partial charge in [0.15, 0.2) is 11.5 Å². The molecular formula is C19H23N3O2. The Bertz CT molecular complexity index is 727. The van der Waals surface area contributed by atoms with Gasteiger partial charge in [-0.15, -0.1) is 0 Å². The first kappa shape index (κ1) is 15.4. The van der Waals surface area contributed by atoms with E-state index in [-0.39, 0.29) is 0 Å². The summed E-state index contributed by atoms with van der Waals surface area (Å²) in [6.45, 7) is 8.37. The molecule has 0 bridgehead atoms. The fourth-order valence-corrected chi connectivity index (χ4v) is 3.57. The van der Waals surface area contributed by atoms with Crippen LogP contribution in [0.3, 0.4) is 0 Å². The fraction of sp³-hybridized carbons (Fsp3) is 0.474. The zero-order chi connectivity index (χ0) is 16.5. The molecule has 0 unspecified atom stereocenters. The third-order valence-electron chi connectivity index (χ3n) is 4.65. The van der Waals surface area contributed by atoms with Crippen molar-refractivity contribution in [3.8, 4) is 11.5 Å². The smallest absolute Gasteiger partial charge is 0.161 e. The van der Waals surface area contributed by atoms with Gasteiger partial charge in [-0.05, 0) is 50.6 Å². The summed E-state index contributed by atoms with van der Waals surface area (Å²) in [5, 5.41) is 0. The van der Waals surface area contributed by atoms with E-state index in [0.717, 1.165) is 54.8 Å². The maximum absolute atomic E-state index is 5.68. The summed E-state index contributed by atoms with van der Waals surface area (Å²) in [6.07, 6.45) is 1.12. The van der Waals surface area contributed by atoms with E-state index in [2.05, 4.69) is 27.0 Å². The maximum atomic E-state index is 5.68. The molecule has 1 aromatic carbocycles. The number of fused-ring (bicyclic) bond motifs is 1. The highest BCUT2D eigenvalue weighted by Crippen LogP contribution is 2.32. The normalized spacial score (nSPS) is 20.3. The number of ether oxygens (including phenoxy) is 2. The molecule has 0 amide bonds. The van der Waals surface area contributed by atoms with Gasteiger partial charge in [0, 0.05) is 30.4 Å². The van der Waals surface area contributed by atoms with Crippen LogP contribution in [0, 0.1) is 13.8 Å². The monoisotopic (exact) mass is 325 g/mol. The molecule has 0 saturated carbocycles. The lowest BCUT2D eigenvalue weighted by Gasteiger charge is -2.21. The third kappa shape index (κ3) is 3.22. The van der Waals surface area contributed by atoms with Crippen LogP contribution in [0.2, 0.25) is 0 Å². The van der Waals surface area contributed by atoms with Crippen molar-refractivity contribution in [1.82, 2.24) is 14.9 Å². The van der Waals surface area contributed by atoms with Crippen molar-refractivity contribution in [3.63, 3.8) is 0 Å². The van der Waals surface area contributed by atoms with Crippen LogP contribution < -0.4 is 9.47 Å². The second kappa shape index (κ2) is 6.40. The molecule has 0 aliphatic carbocycles. The highest BCUT2D eigenvalue weighted by molar-refractivity contribution is 5.43. The summed E-state index contributed by atoms with van der Waals surface area (Å²) in [4.78, 5) is 11.8. The number of aromatic nitrogens is 2. The SMILES string of the molecule is Cc1cc(C)nc([C@@H]2CCN(Cc3ccc4c(c3)OCCO4)C2)n1. The maximum Gasteiger partial charge on any atom is 0.161 e. The van der Waals surface area contributed by atoms with Crippen molar-refractivity contribution < 1.29 is 9.47 Å². The molecule has 24 heavy (non-hydrogen) atoms. The zero-order valence-electron chi connectivity index (χ0n) is 14.3. The van der Waals surface area contributed by atoms with Crippen molar-refractivity contribution in [2.45, 2.75) is 32.7 Å². The molecule has 1 fully saturated rings. The summed E-state index contributed by atoms with van der Waals surface area (Å²) in [7, 11) is 0. The van der Waals surface area contributed by atoms with Gasteiger partial charge in [-0.1, -0.05) is 6.07 Å². The Morgan fingerprint density at radius 1 is 1.04 bits per heavy atom. The lowest BCUT2D eigenvalue weighted by atomic mass is 10.1. The zero-order valence-corrected chi connectivity index (χ0v) is 14.3. The number of benzene rings is 1. The van der Waals surface area contributed by atoms with Gasteiger partial charge in [-0.25, -0.2) is 9.97 Å². The van der Waals surface area contributed by atoms with Crippen LogP contribution in [0.15, 0.2) is 24.3 Å². The minimum atomic E-state index is 0.431. The molecule has 0 radical (unpaired) electrons. The summed E-state index contributed by atoms with van der Waals surface area (Å²) in [5.74, 6) is 3.15. The summed E-state index contributed by atoms with van der Waals surface area (Å²) in [5.41, 5.74) is 3.38. The third-order valence-corrected chi connectivity index (χ3v) is 4.65. The Morgan fingerprint density at radius 3 is 2.58 bits per heavy atom. The standard InChI is InChI=1S/C19H23N3O2/c1-13-9-14(2)21-19(20-13)16-5-6-22(12-16)11-15-3-4-17-18(10-15)24-8-7-23-17/h3-4,9-10,16H,5-8,11-12H2,1-2H3/t16-/m1/s1. The molecule has 5 heteroatoms. The Kier molecular flexibility index (Phi) is 4.10. The molecule has 2 aliphatic heterocycles. The molecule has 2 aromatic rings. The van der Waals surface area contributed by atoms with Gasteiger partial charge >= 0.3 is 0 Å². The van der Waals surface area contributed by atoms with Crippen LogP contribution in [0.4, 0.5) is 0 Å². The van der Waals surface area contributed by atoms with Gasteiger partial charge in [0.25, 0.3) is 0 Å². The first-order valence-corrected chi connectivity index (χ1v) is 8.60. The molecule has 2 aliphatic rings. The van der Waals surface area contributed by atoms with Crippen molar-refractivity contribution in [3.05, 3.63) is 47.0 Å². The molecule has 4 rings (SSSR count). The number of aryl methyl sites for hydroxylation is 2. The van der Waals surface area contributed by atoms with E-state index in [1.165, 1.54) is 5.56 Å². The largest absolute Gasteiger partial charge is 0.486 e. The predicted octanol–water partition coefficient (Wildman–Crippen LogP) is 2.85. The average Bonchev–Trinajstić information content (AvgIpc) is 3.02. The molecule has 126 valence electrons. The lowest BCUT2D eigenvalue weighted by Crippen LogP contribution is -2.21. The van der Waals surface area contributed by atoms with Crippen molar-refractivity contribution >= 4 is 0 Å². The van der Waals surface area contributed by atoms with Crippen molar-refractivity contribution in [2.24, 2.45) is 0 Å². The highest BCUT2D eigenvalue weighted by atomic mass is 16.6. The Balaban J connectivity index is 1.43. The molecular weight excluding hydrogens is 302 g/mol. The minimum Gasteiger partial charge on any atom is -0.486 e. The van der Waals surface area contributed by atoms with Gasteiger partial charge in [0.1, 0.15) is 19.0 Å². The van der Waals surface area contributed by atoms with Crippen LogP contribution in [-0.2, 0) is 6.54 Å². The number of rotatable bonds is 3. The quantitative estimate of drug-likeness (QED) is 0.868. The molecule has 1 aromatic heterocycles. The Hall–Kier alpha value is -2.14. The van der Waals surface area contributed by atoms with E-state index >= 15 is 0 Å². The van der Waals surface area contributed by atoms with Crippen molar-refractivity contribution in [2.75, 3.05) is 26.3 Å². The number of hydrogen-bond acceptors (Lipinski definition) is 5. The van der Waals surface area contributed by atoms with Gasteiger partial charge in [-0.3, -0.25) is 4.90 Å². The summed E-state index contributed by atoms with van der Waals surface area (Å²) >= 11 is 0. The highest BCUT2D eigenvalue weighted by Gasteiger charge is 2.26. The molecule has 3 heterocycles. The molecule has 1 saturated heterocycles. The Morgan fingerprint density at radius 2 is 1.79 bits per heavy atom. The molecule has 0 N–H and O–H groups in total. The second-order valence-electron chi connectivity index (χ2n) is 6.71. The first-order valence-electron chi connectivity index (χ1n) is 8.60. The van der Waals surface area contributed by atoms with Crippen molar-refractivity contribution in [1.29, 1.82) is 0 Å². The van der Waals surface area contributed by atoms with E-state index in [4.69, 9.17) is 9.47 Å². The van der Waals surface area contributed by atoms with E-state index in [9.17, 15) is 0 Å². The molecule has 0 spiro atoms. The molecule has 5 nitrogen and oxygen atoms in total. The summed E-state index contributed by atoms with van der Waals surface area (Å²) in [6, 6.07) is 8.29. The van der Waals surface area contributed by atoms with Gasteiger partial charge in [0.2, 0.25) is 0 Å². The first-order chi connectivity index (χ1) is 11.7. The number of likely N-dealkylation sites (tertiary alicyclic amines) is 1. The Labute approximate surface area is 142 Å². The second-order valence-corrected chi connectivity index (χ2v) is 6.71. The topological polar surface area (TPSA) is 47.5 Å². The summed E-state index contributed by atoms with van der Waals surface area (Å²) < 4.78 is 11.3. The van der Waals surface area contributed by atoms with Crippen LogP contribution >= 0.6 is 0 Å². The van der Waals surface area contributed by atoms with E-state index in [0.29, 0.717) is 19.1 Å². The van der Waals surface area contributed by atoms with Gasteiger partial charge in [-0.2, -0.15) is 0 Å². The van der Waals surface area contributed by atoms with Crippen LogP contribution in [-0.4, -0.2) is 41.2 Å². The minimum absolute atomic E-state index is 0.431. The van der Waals surface area contributed by atoms with E-state index < -0.39 is 0 Å². The number of nitrogens with zero attached hydrogens (tertiary/aromatic N) is 3. The van der Waals surface area contributed by atoms with Gasteiger partial charge in [0.05, 0.1) is 0 Å². The fourth-order valence-electron chi connectivity index (χ4n) is 3.57. The van der Waals surface area contributed by atoms with E-state index in [1.807, 2.05) is 26.0 Å². The predicted molar refractivity (Wildman–Crippen MR) is 91.6 cm³/mol. The van der Waals surface area contributed by atoms with Crippen LogP contribution in [0.25, 0.3) is 0 Å². The van der Waals surface area contributed by atoms with Crippen LogP contribution in [0.5, 0.6) is 11.5 Å².